The van der Waals surface area contributed by atoms with E-state index in [2.05, 4.69) is 31.4 Å². The minimum Gasteiger partial charge on any atom is -0.385 e. The maximum atomic E-state index is 12.6. The van der Waals surface area contributed by atoms with Gasteiger partial charge in [0.15, 0.2) is 0 Å². The first kappa shape index (κ1) is 17.8. The van der Waals surface area contributed by atoms with Crippen molar-refractivity contribution in [1.82, 2.24) is 5.32 Å². The zero-order valence-electron chi connectivity index (χ0n) is 13.9. The number of rotatable bonds is 5. The Morgan fingerprint density at radius 1 is 1.19 bits per heavy atom. The Morgan fingerprint density at radius 3 is 2.33 bits per heavy atom. The summed E-state index contributed by atoms with van der Waals surface area (Å²) in [5.41, 5.74) is 1.27. The summed E-state index contributed by atoms with van der Waals surface area (Å²) in [6.07, 6.45) is 0.892. The monoisotopic (exact) mass is 310 g/mol. The first-order valence-electron chi connectivity index (χ1n) is 7.40. The molecule has 0 fully saturated rings. The van der Waals surface area contributed by atoms with Gasteiger partial charge in [-0.05, 0) is 50.8 Å². The van der Waals surface area contributed by atoms with Gasteiger partial charge in [0.1, 0.15) is 0 Å². The van der Waals surface area contributed by atoms with Crippen LogP contribution in [0.5, 0.6) is 0 Å². The van der Waals surface area contributed by atoms with Crippen molar-refractivity contribution in [3.8, 4) is 0 Å². The Balaban J connectivity index is 2.96. The van der Waals surface area contributed by atoms with Crippen LogP contribution in [-0.4, -0.2) is 18.0 Å². The van der Waals surface area contributed by atoms with Crippen molar-refractivity contribution < 1.29 is 4.79 Å². The summed E-state index contributed by atoms with van der Waals surface area (Å²) in [5.74, 6) is -0.0947. The minimum absolute atomic E-state index is 0.0947. The van der Waals surface area contributed by atoms with Gasteiger partial charge in [0, 0.05) is 22.8 Å². The maximum absolute atomic E-state index is 12.6. The van der Waals surface area contributed by atoms with Crippen LogP contribution >= 0.6 is 11.6 Å². The van der Waals surface area contributed by atoms with Crippen molar-refractivity contribution in [3.63, 3.8) is 0 Å². The molecule has 0 aliphatic heterocycles. The molecule has 118 valence electrons. The number of anilines is 1. The van der Waals surface area contributed by atoms with Crippen molar-refractivity contribution in [2.75, 3.05) is 11.9 Å². The number of hydrogen-bond donors (Lipinski definition) is 2. The third-order valence-electron chi connectivity index (χ3n) is 3.02. The summed E-state index contributed by atoms with van der Waals surface area (Å²) < 4.78 is 0. The van der Waals surface area contributed by atoms with Crippen LogP contribution < -0.4 is 10.6 Å². The summed E-state index contributed by atoms with van der Waals surface area (Å²) in [6.45, 7) is 13.4. The third-order valence-corrected chi connectivity index (χ3v) is 3.25. The Morgan fingerprint density at radius 2 is 1.81 bits per heavy atom. The second-order valence-electron chi connectivity index (χ2n) is 7.30. The highest BCUT2D eigenvalue weighted by atomic mass is 35.5. The van der Waals surface area contributed by atoms with Gasteiger partial charge >= 0.3 is 0 Å². The molecule has 1 rings (SSSR count). The Bertz CT molecular complexity index is 504. The topological polar surface area (TPSA) is 41.1 Å². The molecule has 4 heteroatoms. The van der Waals surface area contributed by atoms with E-state index in [1.165, 1.54) is 0 Å². The molecule has 0 atom stereocenters. The van der Waals surface area contributed by atoms with Gasteiger partial charge in [-0.25, -0.2) is 0 Å². The maximum Gasteiger partial charge on any atom is 0.253 e. The standard InChI is InChI=1S/C17H27ClN2O/c1-7-19-14-9-8-12(18)10-13(14)15(21)20-17(5,6)11-16(2,3)4/h8-10,19H,7,11H2,1-6H3,(H,20,21). The van der Waals surface area contributed by atoms with Gasteiger partial charge in [0.2, 0.25) is 0 Å². The summed E-state index contributed by atoms with van der Waals surface area (Å²) in [7, 11) is 0. The van der Waals surface area contributed by atoms with Crippen LogP contribution in [0.2, 0.25) is 5.02 Å². The second kappa shape index (κ2) is 6.69. The zero-order chi connectivity index (χ0) is 16.3. The van der Waals surface area contributed by atoms with Gasteiger partial charge in [-0.1, -0.05) is 32.4 Å². The molecular formula is C17H27ClN2O. The van der Waals surface area contributed by atoms with Crippen LogP contribution in [-0.2, 0) is 0 Å². The van der Waals surface area contributed by atoms with Crippen LogP contribution in [0.3, 0.4) is 0 Å². The Kier molecular flexibility index (Phi) is 5.68. The average molecular weight is 311 g/mol. The normalized spacial score (nSPS) is 12.1. The van der Waals surface area contributed by atoms with Crippen molar-refractivity contribution in [3.05, 3.63) is 28.8 Å². The summed E-state index contributed by atoms with van der Waals surface area (Å²) in [6, 6.07) is 5.34. The molecule has 1 aromatic rings. The van der Waals surface area contributed by atoms with E-state index in [9.17, 15) is 4.79 Å². The molecule has 0 radical (unpaired) electrons. The van der Waals surface area contributed by atoms with Crippen LogP contribution in [0.1, 0.15) is 58.3 Å². The van der Waals surface area contributed by atoms with Crippen molar-refractivity contribution >= 4 is 23.2 Å². The van der Waals surface area contributed by atoms with E-state index in [1.54, 1.807) is 12.1 Å². The van der Waals surface area contributed by atoms with Gasteiger partial charge in [0.25, 0.3) is 5.91 Å². The van der Waals surface area contributed by atoms with Crippen molar-refractivity contribution in [2.45, 2.75) is 53.5 Å². The molecule has 1 amide bonds. The molecular weight excluding hydrogens is 284 g/mol. The van der Waals surface area contributed by atoms with Gasteiger partial charge in [-0.15, -0.1) is 0 Å². The molecule has 0 saturated carbocycles. The predicted molar refractivity (Wildman–Crippen MR) is 91.2 cm³/mol. The number of benzene rings is 1. The molecule has 0 bridgehead atoms. The number of amides is 1. The molecule has 21 heavy (non-hydrogen) atoms. The van der Waals surface area contributed by atoms with Gasteiger partial charge in [0.05, 0.1) is 5.56 Å². The highest BCUT2D eigenvalue weighted by Crippen LogP contribution is 2.28. The smallest absolute Gasteiger partial charge is 0.253 e. The molecule has 2 N–H and O–H groups in total. The van der Waals surface area contributed by atoms with Crippen LogP contribution in [0.15, 0.2) is 18.2 Å². The van der Waals surface area contributed by atoms with E-state index in [1.807, 2.05) is 26.8 Å². The minimum atomic E-state index is -0.277. The first-order valence-corrected chi connectivity index (χ1v) is 7.78. The quantitative estimate of drug-likeness (QED) is 0.826. The first-order chi connectivity index (χ1) is 9.54. The number of nitrogens with one attached hydrogen (secondary N) is 2. The number of carbonyl (C=O) groups excluding carboxylic acids is 1. The summed E-state index contributed by atoms with van der Waals surface area (Å²) >= 11 is 6.03. The van der Waals surface area contributed by atoms with E-state index in [0.717, 1.165) is 18.7 Å². The molecule has 1 aromatic carbocycles. The lowest BCUT2D eigenvalue weighted by Gasteiger charge is -2.33. The van der Waals surface area contributed by atoms with E-state index in [4.69, 9.17) is 11.6 Å². The molecule has 0 aromatic heterocycles. The second-order valence-corrected chi connectivity index (χ2v) is 7.73. The van der Waals surface area contributed by atoms with E-state index in [0.29, 0.717) is 10.6 Å². The lowest BCUT2D eigenvalue weighted by Crippen LogP contribution is -2.46. The third kappa shape index (κ3) is 5.96. The molecule has 0 aliphatic carbocycles. The number of halogens is 1. The average Bonchev–Trinajstić information content (AvgIpc) is 2.27. The molecule has 0 heterocycles. The fourth-order valence-corrected chi connectivity index (χ4v) is 2.97. The van der Waals surface area contributed by atoms with Gasteiger partial charge < -0.3 is 10.6 Å². The van der Waals surface area contributed by atoms with Gasteiger partial charge in [-0.3, -0.25) is 4.79 Å². The molecule has 0 unspecified atom stereocenters. The zero-order valence-corrected chi connectivity index (χ0v) is 14.7. The van der Waals surface area contributed by atoms with Crippen molar-refractivity contribution in [2.24, 2.45) is 5.41 Å². The van der Waals surface area contributed by atoms with Crippen LogP contribution in [0.25, 0.3) is 0 Å². The summed E-state index contributed by atoms with van der Waals surface area (Å²) in [4.78, 5) is 12.6. The molecule has 0 aliphatic rings. The van der Waals surface area contributed by atoms with E-state index in [-0.39, 0.29) is 16.9 Å². The van der Waals surface area contributed by atoms with Crippen LogP contribution in [0.4, 0.5) is 5.69 Å². The van der Waals surface area contributed by atoms with Crippen molar-refractivity contribution in [1.29, 1.82) is 0 Å². The Hall–Kier alpha value is -1.22. The van der Waals surface area contributed by atoms with E-state index < -0.39 is 0 Å². The largest absolute Gasteiger partial charge is 0.385 e. The van der Waals surface area contributed by atoms with E-state index >= 15 is 0 Å². The number of carbonyl (C=O) groups is 1. The van der Waals surface area contributed by atoms with Gasteiger partial charge in [-0.2, -0.15) is 0 Å². The highest BCUT2D eigenvalue weighted by Gasteiger charge is 2.28. The number of hydrogen-bond acceptors (Lipinski definition) is 2. The highest BCUT2D eigenvalue weighted by molar-refractivity contribution is 6.31. The lowest BCUT2D eigenvalue weighted by atomic mass is 9.81. The Labute approximate surface area is 133 Å². The molecule has 3 nitrogen and oxygen atoms in total. The lowest BCUT2D eigenvalue weighted by molar-refractivity contribution is 0.0892. The fraction of sp³-hybridized carbons (Fsp3) is 0.588. The SMILES string of the molecule is CCNc1ccc(Cl)cc1C(=O)NC(C)(C)CC(C)(C)C. The summed E-state index contributed by atoms with van der Waals surface area (Å²) in [5, 5.41) is 6.88. The molecule has 0 spiro atoms. The predicted octanol–water partition coefficient (Wildman–Crippen LogP) is 4.72. The van der Waals surface area contributed by atoms with Crippen LogP contribution in [0, 0.1) is 5.41 Å². The fourth-order valence-electron chi connectivity index (χ4n) is 2.79. The molecule has 0 saturated heterocycles.